The molecule has 1 saturated carbocycles. The monoisotopic (exact) mass is 353 g/mol. The maximum Gasteiger partial charge on any atom is 0.339 e. The zero-order valence-corrected chi connectivity index (χ0v) is 15.0. The number of carbonyl (C=O) groups is 2. The van der Waals surface area contributed by atoms with Gasteiger partial charge in [0.05, 0.1) is 11.7 Å². The van der Waals surface area contributed by atoms with Crippen LogP contribution in [0.5, 0.6) is 5.75 Å². The number of hydrogen-bond donors (Lipinski definition) is 1. The molecule has 136 valence electrons. The van der Waals surface area contributed by atoms with Gasteiger partial charge in [0.25, 0.3) is 5.91 Å². The summed E-state index contributed by atoms with van der Waals surface area (Å²) >= 11 is 0. The minimum absolute atomic E-state index is 0.0568. The molecule has 1 atom stereocenters. The molecule has 0 unspecified atom stereocenters. The highest BCUT2D eigenvalue weighted by atomic mass is 16.5. The van der Waals surface area contributed by atoms with Crippen molar-refractivity contribution in [3.05, 3.63) is 65.7 Å². The molecule has 3 rings (SSSR count). The van der Waals surface area contributed by atoms with Crippen LogP contribution in [0.25, 0.3) is 0 Å². The van der Waals surface area contributed by atoms with Crippen molar-refractivity contribution in [1.29, 1.82) is 0 Å². The van der Waals surface area contributed by atoms with Crippen molar-refractivity contribution in [3.8, 4) is 5.75 Å². The lowest BCUT2D eigenvalue weighted by atomic mass is 10.1. The highest BCUT2D eigenvalue weighted by Crippen LogP contribution is 2.24. The minimum Gasteiger partial charge on any atom is -0.491 e. The lowest BCUT2D eigenvalue weighted by Crippen LogP contribution is -2.33. The number of esters is 1. The van der Waals surface area contributed by atoms with E-state index in [1.54, 1.807) is 36.4 Å². The van der Waals surface area contributed by atoms with Crippen LogP contribution in [0.15, 0.2) is 54.6 Å². The van der Waals surface area contributed by atoms with Gasteiger partial charge in [-0.3, -0.25) is 4.79 Å². The molecule has 0 spiro atoms. The Labute approximate surface area is 153 Å². The number of nitrogens with one attached hydrogen (secondary N) is 1. The first-order chi connectivity index (χ1) is 12.5. The molecule has 1 aliphatic carbocycles. The van der Waals surface area contributed by atoms with E-state index in [9.17, 15) is 9.59 Å². The Morgan fingerprint density at radius 1 is 1.00 bits per heavy atom. The second kappa shape index (κ2) is 8.04. The number of carbonyl (C=O) groups excluding carboxylic acids is 2. The fraction of sp³-hybridized carbons (Fsp3) is 0.333. The van der Waals surface area contributed by atoms with E-state index in [2.05, 4.69) is 5.32 Å². The summed E-state index contributed by atoms with van der Waals surface area (Å²) in [6.45, 7) is 3.87. The molecule has 0 radical (unpaired) electrons. The van der Waals surface area contributed by atoms with Crippen LogP contribution in [0.4, 0.5) is 0 Å². The molecule has 2 aromatic carbocycles. The second-order valence-electron chi connectivity index (χ2n) is 6.67. The Balaban J connectivity index is 1.73. The van der Waals surface area contributed by atoms with Gasteiger partial charge in [0, 0.05) is 11.6 Å². The normalized spacial score (nSPS) is 14.6. The van der Waals surface area contributed by atoms with E-state index in [1.807, 2.05) is 32.0 Å². The zero-order valence-electron chi connectivity index (χ0n) is 15.0. The molecule has 5 heteroatoms. The Morgan fingerprint density at radius 2 is 1.65 bits per heavy atom. The van der Waals surface area contributed by atoms with Gasteiger partial charge in [-0.2, -0.15) is 0 Å². The highest BCUT2D eigenvalue weighted by molar-refractivity contribution is 5.93. The largest absolute Gasteiger partial charge is 0.491 e. The molecule has 0 aliphatic heterocycles. The van der Waals surface area contributed by atoms with Crippen molar-refractivity contribution in [3.63, 3.8) is 0 Å². The van der Waals surface area contributed by atoms with Crippen LogP contribution in [0.3, 0.4) is 0 Å². The SMILES string of the molecule is CC(C)Oc1ccc(C(=O)O[C@@H](C(=O)NC2CC2)c2ccccc2)cc1. The first-order valence-electron chi connectivity index (χ1n) is 8.86. The lowest BCUT2D eigenvalue weighted by molar-refractivity contribution is -0.130. The van der Waals surface area contributed by atoms with Crippen molar-refractivity contribution in [1.82, 2.24) is 5.32 Å². The van der Waals surface area contributed by atoms with Gasteiger partial charge in [0.1, 0.15) is 5.75 Å². The van der Waals surface area contributed by atoms with Gasteiger partial charge in [-0.05, 0) is 51.0 Å². The van der Waals surface area contributed by atoms with Gasteiger partial charge < -0.3 is 14.8 Å². The summed E-state index contributed by atoms with van der Waals surface area (Å²) in [7, 11) is 0. The molecule has 0 saturated heterocycles. The summed E-state index contributed by atoms with van der Waals surface area (Å²) in [5.41, 5.74) is 1.03. The van der Waals surface area contributed by atoms with Crippen molar-refractivity contribution >= 4 is 11.9 Å². The van der Waals surface area contributed by atoms with Crippen molar-refractivity contribution < 1.29 is 19.1 Å². The van der Waals surface area contributed by atoms with Crippen LogP contribution in [0.2, 0.25) is 0 Å². The number of benzene rings is 2. The molecule has 1 fully saturated rings. The van der Waals surface area contributed by atoms with E-state index < -0.39 is 12.1 Å². The third kappa shape index (κ3) is 4.85. The molecule has 1 N–H and O–H groups in total. The standard InChI is InChI=1S/C21H23NO4/c1-14(2)25-18-12-8-16(9-13-18)21(24)26-19(15-6-4-3-5-7-15)20(23)22-17-10-11-17/h3-9,12-14,17,19H,10-11H2,1-2H3,(H,22,23)/t19-/m1/s1. The molecule has 1 amide bonds. The third-order valence-electron chi connectivity index (χ3n) is 3.95. The predicted molar refractivity (Wildman–Crippen MR) is 98.0 cm³/mol. The van der Waals surface area contributed by atoms with E-state index in [0.717, 1.165) is 12.8 Å². The minimum atomic E-state index is -0.962. The molecular formula is C21H23NO4. The van der Waals surface area contributed by atoms with Gasteiger partial charge in [0.15, 0.2) is 0 Å². The Bertz CT molecular complexity index is 751. The van der Waals surface area contributed by atoms with Crippen molar-refractivity contribution in [2.24, 2.45) is 0 Å². The second-order valence-corrected chi connectivity index (χ2v) is 6.67. The molecule has 0 aromatic heterocycles. The molecule has 2 aromatic rings. The summed E-state index contributed by atoms with van der Waals surface area (Å²) in [5, 5.41) is 2.90. The predicted octanol–water partition coefficient (Wildman–Crippen LogP) is 3.65. The number of hydrogen-bond acceptors (Lipinski definition) is 4. The Hall–Kier alpha value is -2.82. The Kier molecular flexibility index (Phi) is 5.56. The molecule has 0 heterocycles. The van der Waals surface area contributed by atoms with E-state index in [1.165, 1.54) is 0 Å². The number of rotatable bonds is 7. The van der Waals surface area contributed by atoms with Crippen LogP contribution in [0, 0.1) is 0 Å². The van der Waals surface area contributed by atoms with Gasteiger partial charge >= 0.3 is 5.97 Å². The topological polar surface area (TPSA) is 64.6 Å². The highest BCUT2D eigenvalue weighted by Gasteiger charge is 2.31. The van der Waals surface area contributed by atoms with E-state index >= 15 is 0 Å². The van der Waals surface area contributed by atoms with E-state index in [4.69, 9.17) is 9.47 Å². The van der Waals surface area contributed by atoms with Gasteiger partial charge in [-0.1, -0.05) is 30.3 Å². The zero-order chi connectivity index (χ0) is 18.5. The van der Waals surface area contributed by atoms with Gasteiger partial charge in [-0.15, -0.1) is 0 Å². The average Bonchev–Trinajstić information content (AvgIpc) is 3.44. The summed E-state index contributed by atoms with van der Waals surface area (Å²) in [6.07, 6.45) is 1.04. The fourth-order valence-electron chi connectivity index (χ4n) is 2.52. The van der Waals surface area contributed by atoms with Crippen LogP contribution in [0.1, 0.15) is 48.7 Å². The molecule has 5 nitrogen and oxygen atoms in total. The lowest BCUT2D eigenvalue weighted by Gasteiger charge is -2.18. The molecular weight excluding hydrogens is 330 g/mol. The van der Waals surface area contributed by atoms with Crippen molar-refractivity contribution in [2.75, 3.05) is 0 Å². The molecule has 0 bridgehead atoms. The summed E-state index contributed by atoms with van der Waals surface area (Å²) in [5.74, 6) is -0.143. The van der Waals surface area contributed by atoms with Crippen LogP contribution < -0.4 is 10.1 Å². The van der Waals surface area contributed by atoms with Crippen LogP contribution in [-0.4, -0.2) is 24.0 Å². The summed E-state index contributed by atoms with van der Waals surface area (Å²) in [6, 6.07) is 16.0. The summed E-state index contributed by atoms with van der Waals surface area (Å²) in [4.78, 5) is 25.1. The van der Waals surface area contributed by atoms with Gasteiger partial charge in [-0.25, -0.2) is 4.79 Å². The first kappa shape index (κ1) is 18.0. The van der Waals surface area contributed by atoms with Gasteiger partial charge in [0.2, 0.25) is 6.10 Å². The smallest absolute Gasteiger partial charge is 0.339 e. The van der Waals surface area contributed by atoms with Crippen LogP contribution in [-0.2, 0) is 9.53 Å². The van der Waals surface area contributed by atoms with E-state index in [0.29, 0.717) is 16.9 Å². The summed E-state index contributed by atoms with van der Waals surface area (Å²) < 4.78 is 11.1. The molecule has 26 heavy (non-hydrogen) atoms. The first-order valence-corrected chi connectivity index (χ1v) is 8.86. The number of amides is 1. The van der Waals surface area contributed by atoms with Crippen LogP contribution >= 0.6 is 0 Å². The quantitative estimate of drug-likeness (QED) is 0.772. The number of ether oxygens (including phenoxy) is 2. The Morgan fingerprint density at radius 3 is 2.23 bits per heavy atom. The molecule has 1 aliphatic rings. The third-order valence-corrected chi connectivity index (χ3v) is 3.95. The van der Waals surface area contributed by atoms with E-state index in [-0.39, 0.29) is 18.1 Å². The van der Waals surface area contributed by atoms with Crippen molar-refractivity contribution in [2.45, 2.75) is 44.9 Å². The average molecular weight is 353 g/mol. The fourth-order valence-corrected chi connectivity index (χ4v) is 2.52. The maximum atomic E-state index is 12.5. The maximum absolute atomic E-state index is 12.5.